The van der Waals surface area contributed by atoms with Gasteiger partial charge in [-0.25, -0.2) is 0 Å². The molecule has 1 N–H and O–H groups in total. The van der Waals surface area contributed by atoms with E-state index in [1.54, 1.807) is 11.9 Å². The summed E-state index contributed by atoms with van der Waals surface area (Å²) in [5, 5.41) is 18.8. The van der Waals surface area contributed by atoms with Crippen molar-refractivity contribution in [3.05, 3.63) is 0 Å². The first-order chi connectivity index (χ1) is 11.0. The predicted octanol–water partition coefficient (Wildman–Crippen LogP) is 2.15. The summed E-state index contributed by atoms with van der Waals surface area (Å²) in [6, 6.07) is 2.84. The zero-order valence-electron chi connectivity index (χ0n) is 14.6. The molecule has 2 saturated carbocycles. The first-order valence-electron chi connectivity index (χ1n) is 9.01. The molecular weight excluding hydrogens is 290 g/mol. The highest BCUT2D eigenvalue weighted by molar-refractivity contribution is 5.79. The molecule has 23 heavy (non-hydrogen) atoms. The minimum atomic E-state index is -0.593. The van der Waals surface area contributed by atoms with Gasteiger partial charge in [-0.1, -0.05) is 19.3 Å². The van der Waals surface area contributed by atoms with E-state index in [0.717, 1.165) is 51.4 Å². The summed E-state index contributed by atoms with van der Waals surface area (Å²) in [4.78, 5) is 16.5. The van der Waals surface area contributed by atoms with Crippen LogP contribution >= 0.6 is 0 Å². The maximum absolute atomic E-state index is 12.7. The molecule has 0 heterocycles. The predicted molar refractivity (Wildman–Crippen MR) is 89.7 cm³/mol. The van der Waals surface area contributed by atoms with Gasteiger partial charge in [0.05, 0.1) is 12.6 Å². The van der Waals surface area contributed by atoms with Crippen LogP contribution in [-0.2, 0) is 4.79 Å². The van der Waals surface area contributed by atoms with Gasteiger partial charge in [-0.05, 0) is 51.5 Å². The molecule has 0 radical (unpaired) electrons. The SMILES string of the molecule is CN(CC(=O)N(C)C1(C#N)CCCCC1)C1CCC(CO)CC1. The summed E-state index contributed by atoms with van der Waals surface area (Å²) in [6.07, 6.45) is 9.01. The molecule has 0 saturated heterocycles. The highest BCUT2D eigenvalue weighted by atomic mass is 16.3. The Kier molecular flexibility index (Phi) is 6.43. The molecule has 0 aromatic heterocycles. The lowest BCUT2D eigenvalue weighted by Gasteiger charge is -2.40. The fourth-order valence-corrected chi connectivity index (χ4v) is 4.11. The second kappa shape index (κ2) is 8.12. The zero-order valence-corrected chi connectivity index (χ0v) is 14.6. The van der Waals surface area contributed by atoms with Crippen LogP contribution in [0.1, 0.15) is 57.8 Å². The summed E-state index contributed by atoms with van der Waals surface area (Å²) in [5.41, 5.74) is -0.593. The summed E-state index contributed by atoms with van der Waals surface area (Å²) >= 11 is 0. The van der Waals surface area contributed by atoms with Crippen LogP contribution in [0.15, 0.2) is 0 Å². The molecule has 2 aliphatic rings. The number of hydrogen-bond donors (Lipinski definition) is 1. The van der Waals surface area contributed by atoms with Crippen molar-refractivity contribution in [2.75, 3.05) is 27.2 Å². The Balaban J connectivity index is 1.89. The van der Waals surface area contributed by atoms with E-state index in [2.05, 4.69) is 11.0 Å². The minimum absolute atomic E-state index is 0.0558. The van der Waals surface area contributed by atoms with Gasteiger partial charge in [0.1, 0.15) is 5.54 Å². The quantitative estimate of drug-likeness (QED) is 0.842. The number of aliphatic hydroxyl groups is 1. The number of likely N-dealkylation sites (N-methyl/N-ethyl adjacent to an activating group) is 2. The fourth-order valence-electron chi connectivity index (χ4n) is 4.11. The third-order valence-electron chi connectivity index (χ3n) is 5.99. The first-order valence-corrected chi connectivity index (χ1v) is 9.01. The Morgan fingerprint density at radius 3 is 2.30 bits per heavy atom. The molecule has 2 aliphatic carbocycles. The molecule has 0 atom stereocenters. The molecule has 0 spiro atoms. The molecule has 5 heteroatoms. The van der Waals surface area contributed by atoms with Crippen LogP contribution in [0.4, 0.5) is 0 Å². The first kappa shape index (κ1) is 18.2. The Bertz CT molecular complexity index is 432. The topological polar surface area (TPSA) is 67.6 Å². The van der Waals surface area contributed by atoms with Crippen molar-refractivity contribution in [3.63, 3.8) is 0 Å². The van der Waals surface area contributed by atoms with Crippen molar-refractivity contribution < 1.29 is 9.90 Å². The van der Waals surface area contributed by atoms with Crippen LogP contribution in [0.5, 0.6) is 0 Å². The molecule has 1 amide bonds. The summed E-state index contributed by atoms with van der Waals surface area (Å²) in [7, 11) is 3.81. The lowest BCUT2D eigenvalue weighted by molar-refractivity contribution is -0.136. The van der Waals surface area contributed by atoms with Gasteiger partial charge in [0.15, 0.2) is 0 Å². The molecule has 0 unspecified atom stereocenters. The summed E-state index contributed by atoms with van der Waals surface area (Å²) in [6.45, 7) is 0.664. The van der Waals surface area contributed by atoms with Crippen molar-refractivity contribution in [1.82, 2.24) is 9.80 Å². The van der Waals surface area contributed by atoms with E-state index in [1.165, 1.54) is 6.42 Å². The molecular formula is C18H31N3O2. The van der Waals surface area contributed by atoms with Crippen molar-refractivity contribution in [3.8, 4) is 6.07 Å². The van der Waals surface area contributed by atoms with E-state index < -0.39 is 5.54 Å². The maximum Gasteiger partial charge on any atom is 0.237 e. The molecule has 2 fully saturated rings. The Hall–Kier alpha value is -1.12. The lowest BCUT2D eigenvalue weighted by atomic mass is 9.81. The highest BCUT2D eigenvalue weighted by Crippen LogP contribution is 2.33. The third-order valence-corrected chi connectivity index (χ3v) is 5.99. The molecule has 0 aromatic carbocycles. The molecule has 0 aliphatic heterocycles. The fraction of sp³-hybridized carbons (Fsp3) is 0.889. The van der Waals surface area contributed by atoms with Crippen molar-refractivity contribution in [1.29, 1.82) is 5.26 Å². The number of carbonyl (C=O) groups excluding carboxylic acids is 1. The van der Waals surface area contributed by atoms with E-state index in [-0.39, 0.29) is 12.5 Å². The second-order valence-corrected chi connectivity index (χ2v) is 7.43. The van der Waals surface area contributed by atoms with Gasteiger partial charge < -0.3 is 10.0 Å². The molecule has 0 aromatic rings. The largest absolute Gasteiger partial charge is 0.396 e. The van der Waals surface area contributed by atoms with Crippen molar-refractivity contribution >= 4 is 5.91 Å². The van der Waals surface area contributed by atoms with Crippen LogP contribution in [0, 0.1) is 17.2 Å². The Morgan fingerprint density at radius 2 is 1.78 bits per heavy atom. The maximum atomic E-state index is 12.7. The Morgan fingerprint density at radius 1 is 1.17 bits per heavy atom. The minimum Gasteiger partial charge on any atom is -0.396 e. The number of amides is 1. The van der Waals surface area contributed by atoms with Crippen molar-refractivity contribution in [2.45, 2.75) is 69.4 Å². The van der Waals surface area contributed by atoms with Gasteiger partial charge >= 0.3 is 0 Å². The Labute approximate surface area is 140 Å². The number of nitriles is 1. The van der Waals surface area contributed by atoms with E-state index in [0.29, 0.717) is 18.5 Å². The number of carbonyl (C=O) groups is 1. The van der Waals surface area contributed by atoms with Crippen LogP contribution in [0.2, 0.25) is 0 Å². The second-order valence-electron chi connectivity index (χ2n) is 7.43. The monoisotopic (exact) mass is 321 g/mol. The van der Waals surface area contributed by atoms with E-state index >= 15 is 0 Å². The molecule has 0 bridgehead atoms. The average molecular weight is 321 g/mol. The van der Waals surface area contributed by atoms with Crippen LogP contribution in [-0.4, -0.2) is 59.6 Å². The number of nitrogens with zero attached hydrogens (tertiary/aromatic N) is 3. The molecule has 5 nitrogen and oxygen atoms in total. The highest BCUT2D eigenvalue weighted by Gasteiger charge is 2.39. The average Bonchev–Trinajstić information content (AvgIpc) is 2.61. The van der Waals surface area contributed by atoms with Gasteiger partial charge in [0, 0.05) is 19.7 Å². The lowest BCUT2D eigenvalue weighted by Crippen LogP contribution is -2.53. The third kappa shape index (κ3) is 4.24. The number of hydrogen-bond acceptors (Lipinski definition) is 4. The summed E-state index contributed by atoms with van der Waals surface area (Å²) < 4.78 is 0. The smallest absolute Gasteiger partial charge is 0.237 e. The standard InChI is InChI=1S/C18H31N3O2/c1-20(16-8-6-15(13-22)7-9-16)12-17(23)21(2)18(14-19)10-4-3-5-11-18/h15-16,22H,3-13H2,1-2H3. The van der Waals surface area contributed by atoms with Gasteiger partial charge in [-0.15, -0.1) is 0 Å². The zero-order chi connectivity index (χ0) is 16.9. The van der Waals surface area contributed by atoms with Crippen LogP contribution in [0.3, 0.4) is 0 Å². The number of aliphatic hydroxyl groups excluding tert-OH is 1. The van der Waals surface area contributed by atoms with Crippen molar-refractivity contribution in [2.24, 2.45) is 5.92 Å². The van der Waals surface area contributed by atoms with Gasteiger partial charge in [-0.2, -0.15) is 5.26 Å². The van der Waals surface area contributed by atoms with Gasteiger partial charge in [-0.3, -0.25) is 9.69 Å². The molecule has 130 valence electrons. The van der Waals surface area contributed by atoms with Gasteiger partial charge in [0.2, 0.25) is 5.91 Å². The number of rotatable bonds is 5. The normalized spacial score (nSPS) is 27.4. The van der Waals surface area contributed by atoms with Crippen LogP contribution in [0.25, 0.3) is 0 Å². The van der Waals surface area contributed by atoms with E-state index in [1.807, 2.05) is 7.05 Å². The van der Waals surface area contributed by atoms with E-state index in [9.17, 15) is 15.2 Å². The molecule has 2 rings (SSSR count). The van der Waals surface area contributed by atoms with E-state index in [4.69, 9.17) is 0 Å². The summed E-state index contributed by atoms with van der Waals surface area (Å²) in [5.74, 6) is 0.488. The van der Waals surface area contributed by atoms with Crippen LogP contribution < -0.4 is 0 Å². The van der Waals surface area contributed by atoms with Gasteiger partial charge in [0.25, 0.3) is 0 Å².